The second-order valence-electron chi connectivity index (χ2n) is 4.47. The van der Waals surface area contributed by atoms with Crippen LogP contribution in [0.1, 0.15) is 5.56 Å². The number of fused-ring (bicyclic) bond motifs is 1. The monoisotopic (exact) mass is 252 g/mol. The highest BCUT2D eigenvalue weighted by atomic mass is 16.3. The molecule has 3 heteroatoms. The van der Waals surface area contributed by atoms with Crippen LogP contribution < -0.4 is 5.43 Å². The average molecular weight is 252 g/mol. The third kappa shape index (κ3) is 1.99. The van der Waals surface area contributed by atoms with E-state index >= 15 is 0 Å². The van der Waals surface area contributed by atoms with Gasteiger partial charge in [0.1, 0.15) is 17.1 Å². The molecule has 0 aliphatic rings. The van der Waals surface area contributed by atoms with Crippen LogP contribution in [0.2, 0.25) is 0 Å². The van der Waals surface area contributed by atoms with Gasteiger partial charge in [0.15, 0.2) is 5.43 Å². The molecule has 0 saturated heterocycles. The van der Waals surface area contributed by atoms with E-state index in [1.165, 1.54) is 18.2 Å². The molecule has 1 N–H and O–H groups in total. The van der Waals surface area contributed by atoms with Gasteiger partial charge in [-0.3, -0.25) is 4.79 Å². The van der Waals surface area contributed by atoms with Crippen molar-refractivity contribution in [1.29, 1.82) is 0 Å². The van der Waals surface area contributed by atoms with Gasteiger partial charge in [-0.1, -0.05) is 24.3 Å². The third-order valence-corrected chi connectivity index (χ3v) is 3.12. The minimum atomic E-state index is -0.157. The van der Waals surface area contributed by atoms with Crippen LogP contribution in [0.25, 0.3) is 22.3 Å². The zero-order valence-corrected chi connectivity index (χ0v) is 10.4. The fourth-order valence-corrected chi connectivity index (χ4v) is 2.13. The highest BCUT2D eigenvalue weighted by molar-refractivity contribution is 5.80. The molecule has 19 heavy (non-hydrogen) atoms. The molecule has 0 amide bonds. The van der Waals surface area contributed by atoms with Gasteiger partial charge in [-0.05, 0) is 30.7 Å². The summed E-state index contributed by atoms with van der Waals surface area (Å²) in [6, 6.07) is 13.7. The first-order chi connectivity index (χ1) is 9.15. The van der Waals surface area contributed by atoms with Crippen molar-refractivity contribution in [3.8, 4) is 17.1 Å². The third-order valence-electron chi connectivity index (χ3n) is 3.12. The summed E-state index contributed by atoms with van der Waals surface area (Å²) in [5.74, 6) is 0.602. The van der Waals surface area contributed by atoms with E-state index in [9.17, 15) is 9.90 Å². The Hall–Kier alpha value is -2.55. The van der Waals surface area contributed by atoms with E-state index in [1.807, 2.05) is 31.2 Å². The molecule has 0 aliphatic heterocycles. The molecule has 0 radical (unpaired) electrons. The highest BCUT2D eigenvalue weighted by Crippen LogP contribution is 2.26. The van der Waals surface area contributed by atoms with Gasteiger partial charge in [0.25, 0.3) is 0 Å². The van der Waals surface area contributed by atoms with Crippen molar-refractivity contribution in [3.05, 3.63) is 64.3 Å². The van der Waals surface area contributed by atoms with Gasteiger partial charge in [0.05, 0.1) is 5.39 Å². The number of phenolic OH excluding ortho intramolecular Hbond substituents is 1. The first kappa shape index (κ1) is 11.5. The summed E-state index contributed by atoms with van der Waals surface area (Å²) in [6.07, 6.45) is 0. The summed E-state index contributed by atoms with van der Waals surface area (Å²) in [4.78, 5) is 12.1. The first-order valence-corrected chi connectivity index (χ1v) is 5.98. The van der Waals surface area contributed by atoms with Crippen molar-refractivity contribution in [2.24, 2.45) is 0 Å². The summed E-state index contributed by atoms with van der Waals surface area (Å²) in [6.45, 7) is 1.97. The second kappa shape index (κ2) is 4.28. The van der Waals surface area contributed by atoms with Crippen LogP contribution >= 0.6 is 0 Å². The number of aromatic hydroxyl groups is 1. The van der Waals surface area contributed by atoms with Gasteiger partial charge in [-0.25, -0.2) is 0 Å². The van der Waals surface area contributed by atoms with E-state index in [2.05, 4.69) is 0 Å². The van der Waals surface area contributed by atoms with Gasteiger partial charge >= 0.3 is 0 Å². The maximum Gasteiger partial charge on any atom is 0.193 e. The number of rotatable bonds is 1. The van der Waals surface area contributed by atoms with Crippen molar-refractivity contribution < 1.29 is 9.52 Å². The zero-order valence-electron chi connectivity index (χ0n) is 10.4. The van der Waals surface area contributed by atoms with E-state index in [0.29, 0.717) is 16.7 Å². The summed E-state index contributed by atoms with van der Waals surface area (Å²) in [7, 11) is 0. The Morgan fingerprint density at radius 1 is 1.05 bits per heavy atom. The van der Waals surface area contributed by atoms with Crippen molar-refractivity contribution in [2.45, 2.75) is 6.92 Å². The fourth-order valence-electron chi connectivity index (χ4n) is 2.13. The minimum Gasteiger partial charge on any atom is -0.508 e. The number of aryl methyl sites for hydroxylation is 1. The molecule has 1 aromatic heterocycles. The van der Waals surface area contributed by atoms with Crippen LogP contribution in [0.4, 0.5) is 0 Å². The fraction of sp³-hybridized carbons (Fsp3) is 0.0625. The van der Waals surface area contributed by atoms with Gasteiger partial charge in [0, 0.05) is 11.6 Å². The van der Waals surface area contributed by atoms with Crippen molar-refractivity contribution in [3.63, 3.8) is 0 Å². The van der Waals surface area contributed by atoms with Crippen LogP contribution in [0.15, 0.2) is 57.7 Å². The molecule has 3 nitrogen and oxygen atoms in total. The van der Waals surface area contributed by atoms with Gasteiger partial charge in [-0.2, -0.15) is 0 Å². The van der Waals surface area contributed by atoms with E-state index in [0.717, 1.165) is 11.1 Å². The maximum atomic E-state index is 12.1. The first-order valence-electron chi connectivity index (χ1n) is 5.98. The largest absolute Gasteiger partial charge is 0.508 e. The predicted octanol–water partition coefficient (Wildman–Crippen LogP) is 3.47. The molecular formula is C16H12O3. The molecule has 0 fully saturated rings. The standard InChI is InChI=1S/C16H12O3/c1-10-4-2-3-5-12(10)16-9-14(18)13-8-11(17)6-7-15(13)19-16/h2-9,17H,1H3. The topological polar surface area (TPSA) is 50.4 Å². The van der Waals surface area contributed by atoms with Crippen molar-refractivity contribution in [1.82, 2.24) is 0 Å². The smallest absolute Gasteiger partial charge is 0.193 e. The molecule has 0 aliphatic carbocycles. The van der Waals surface area contributed by atoms with Crippen LogP contribution in [0, 0.1) is 6.92 Å². The van der Waals surface area contributed by atoms with E-state index < -0.39 is 0 Å². The molecule has 0 bridgehead atoms. The second-order valence-corrected chi connectivity index (χ2v) is 4.47. The van der Waals surface area contributed by atoms with Crippen LogP contribution in [-0.2, 0) is 0 Å². The lowest BCUT2D eigenvalue weighted by molar-refractivity contribution is 0.475. The average Bonchev–Trinajstić information content (AvgIpc) is 2.40. The normalized spacial score (nSPS) is 10.8. The van der Waals surface area contributed by atoms with Crippen LogP contribution in [0.5, 0.6) is 5.75 Å². The molecule has 0 spiro atoms. The zero-order chi connectivity index (χ0) is 13.4. The minimum absolute atomic E-state index is 0.0587. The Labute approximate surface area is 109 Å². The Kier molecular flexibility index (Phi) is 2.60. The number of hydrogen-bond acceptors (Lipinski definition) is 3. The highest BCUT2D eigenvalue weighted by Gasteiger charge is 2.09. The number of hydrogen-bond donors (Lipinski definition) is 1. The summed E-state index contributed by atoms with van der Waals surface area (Å²) in [5.41, 5.74) is 2.26. The summed E-state index contributed by atoms with van der Waals surface area (Å²) in [5, 5.41) is 9.79. The Morgan fingerprint density at radius 2 is 1.84 bits per heavy atom. The number of benzene rings is 2. The van der Waals surface area contributed by atoms with E-state index in [4.69, 9.17) is 4.42 Å². The van der Waals surface area contributed by atoms with Crippen LogP contribution in [0.3, 0.4) is 0 Å². The van der Waals surface area contributed by atoms with Gasteiger partial charge in [-0.15, -0.1) is 0 Å². The molecule has 94 valence electrons. The van der Waals surface area contributed by atoms with E-state index in [1.54, 1.807) is 6.07 Å². The molecule has 1 heterocycles. The molecule has 0 unspecified atom stereocenters. The molecule has 3 aromatic rings. The van der Waals surface area contributed by atoms with E-state index in [-0.39, 0.29) is 11.2 Å². The molecule has 3 rings (SSSR count). The lowest BCUT2D eigenvalue weighted by Crippen LogP contribution is -2.00. The Bertz CT molecular complexity index is 816. The Balaban J connectivity index is 2.31. The Morgan fingerprint density at radius 3 is 2.63 bits per heavy atom. The summed E-state index contributed by atoms with van der Waals surface area (Å²) >= 11 is 0. The quantitative estimate of drug-likeness (QED) is 0.721. The molecule has 0 saturated carbocycles. The maximum absolute atomic E-state index is 12.1. The SMILES string of the molecule is Cc1ccccc1-c1cc(=O)c2cc(O)ccc2o1. The molecule has 2 aromatic carbocycles. The molecule has 0 atom stereocenters. The lowest BCUT2D eigenvalue weighted by Gasteiger charge is -2.06. The van der Waals surface area contributed by atoms with Gasteiger partial charge in [0.2, 0.25) is 0 Å². The summed E-state index contributed by atoms with van der Waals surface area (Å²) < 4.78 is 5.75. The number of phenols is 1. The van der Waals surface area contributed by atoms with Crippen molar-refractivity contribution in [2.75, 3.05) is 0 Å². The lowest BCUT2D eigenvalue weighted by atomic mass is 10.1. The van der Waals surface area contributed by atoms with Crippen molar-refractivity contribution >= 4 is 11.0 Å². The van der Waals surface area contributed by atoms with Crippen LogP contribution in [-0.4, -0.2) is 5.11 Å². The molecular weight excluding hydrogens is 240 g/mol. The predicted molar refractivity (Wildman–Crippen MR) is 74.3 cm³/mol. The van der Waals surface area contributed by atoms with Gasteiger partial charge < -0.3 is 9.52 Å².